The lowest BCUT2D eigenvalue weighted by atomic mass is 9.92. The van der Waals surface area contributed by atoms with Gasteiger partial charge in [-0.05, 0) is 28.5 Å². The third-order valence-corrected chi connectivity index (χ3v) is 5.06. The molecule has 30 heavy (non-hydrogen) atoms. The van der Waals surface area contributed by atoms with Gasteiger partial charge in [0.05, 0.1) is 0 Å². The number of nitrogens with zero attached hydrogens (tertiary/aromatic N) is 1. The summed E-state index contributed by atoms with van der Waals surface area (Å²) in [6.45, 7) is 8.10. The average molecular weight is 416 g/mol. The summed E-state index contributed by atoms with van der Waals surface area (Å²) in [5.41, 5.74) is 2.21. The summed E-state index contributed by atoms with van der Waals surface area (Å²) in [6, 6.07) is 14.7. The van der Waals surface area contributed by atoms with Gasteiger partial charge in [-0.1, -0.05) is 76.2 Å². The van der Waals surface area contributed by atoms with Gasteiger partial charge < -0.3 is 10.1 Å². The Morgan fingerprint density at radius 3 is 2.13 bits per heavy atom. The van der Waals surface area contributed by atoms with E-state index in [2.05, 4.69) is 10.3 Å². The number of benzene rings is 2. The Morgan fingerprint density at radius 2 is 1.60 bits per heavy atom. The number of nitrogens with one attached hydrogen (secondary N) is 1. The monoisotopic (exact) mass is 416 g/mol. The van der Waals surface area contributed by atoms with Gasteiger partial charge in [0.2, 0.25) is 5.90 Å². The highest BCUT2D eigenvalue weighted by atomic mass is 19.4. The van der Waals surface area contributed by atoms with E-state index in [-0.39, 0.29) is 30.4 Å². The number of halogens is 3. The Hall–Kier alpha value is -2.76. The Labute approximate surface area is 175 Å². The van der Waals surface area contributed by atoms with Crippen LogP contribution in [0.3, 0.4) is 0 Å². The predicted octanol–water partition coefficient (Wildman–Crippen LogP) is 6.96. The number of anilines is 1. The van der Waals surface area contributed by atoms with Crippen LogP contribution >= 0.6 is 0 Å². The summed E-state index contributed by atoms with van der Waals surface area (Å²) < 4.78 is 47.2. The fraction of sp³-hybridized carbons (Fsp3) is 0.375. The van der Waals surface area contributed by atoms with E-state index >= 15 is 0 Å². The molecule has 0 aliphatic carbocycles. The van der Waals surface area contributed by atoms with Crippen molar-refractivity contribution in [2.75, 3.05) is 11.9 Å². The highest BCUT2D eigenvalue weighted by molar-refractivity contribution is 5.90. The van der Waals surface area contributed by atoms with E-state index < -0.39 is 11.9 Å². The van der Waals surface area contributed by atoms with Crippen molar-refractivity contribution in [1.29, 1.82) is 0 Å². The van der Waals surface area contributed by atoms with Gasteiger partial charge in [-0.15, -0.1) is 0 Å². The second-order valence-corrected chi connectivity index (χ2v) is 8.01. The number of allylic oxidation sites excluding steroid dienone is 1. The highest BCUT2D eigenvalue weighted by Crippen LogP contribution is 2.36. The smallest absolute Gasteiger partial charge is 0.431 e. The minimum atomic E-state index is -4.57. The molecule has 0 fully saturated rings. The van der Waals surface area contributed by atoms with Crippen molar-refractivity contribution in [1.82, 2.24) is 0 Å². The van der Waals surface area contributed by atoms with Gasteiger partial charge in [0.25, 0.3) is 0 Å². The third-order valence-electron chi connectivity index (χ3n) is 5.06. The molecular weight excluding hydrogens is 389 g/mol. The molecule has 1 atom stereocenters. The van der Waals surface area contributed by atoms with Crippen molar-refractivity contribution in [3.8, 4) is 0 Å². The Kier molecular flexibility index (Phi) is 6.54. The van der Waals surface area contributed by atoms with Crippen molar-refractivity contribution < 1.29 is 17.9 Å². The van der Waals surface area contributed by atoms with Crippen LogP contribution in [0.2, 0.25) is 0 Å². The van der Waals surface area contributed by atoms with Crippen molar-refractivity contribution in [2.24, 2.45) is 4.99 Å². The van der Waals surface area contributed by atoms with Crippen LogP contribution in [-0.4, -0.2) is 18.7 Å². The SMILES string of the molecule is CC(C)c1cccc(C(C)C)c1NC(=CC1=N[C@@H](c2ccccc2)CO1)C(F)(F)F. The molecule has 1 aliphatic heterocycles. The number of hydrogen-bond acceptors (Lipinski definition) is 3. The van der Waals surface area contributed by atoms with Gasteiger partial charge in [-0.3, -0.25) is 0 Å². The first kappa shape index (κ1) is 21.9. The molecule has 0 bridgehead atoms. The van der Waals surface area contributed by atoms with E-state index in [0.29, 0.717) is 5.69 Å². The van der Waals surface area contributed by atoms with E-state index in [0.717, 1.165) is 22.8 Å². The number of rotatable bonds is 6. The normalized spacial score (nSPS) is 17.3. The molecule has 1 aliphatic rings. The van der Waals surface area contributed by atoms with Gasteiger partial charge >= 0.3 is 6.18 Å². The lowest BCUT2D eigenvalue weighted by Gasteiger charge is -2.23. The molecular formula is C24H27F3N2O. The van der Waals surface area contributed by atoms with Crippen LogP contribution in [0.5, 0.6) is 0 Å². The van der Waals surface area contributed by atoms with Crippen molar-refractivity contribution >= 4 is 11.6 Å². The number of ether oxygens (including phenoxy) is 1. The van der Waals surface area contributed by atoms with Crippen LogP contribution < -0.4 is 5.32 Å². The second kappa shape index (κ2) is 8.94. The summed E-state index contributed by atoms with van der Waals surface area (Å²) in [5, 5.41) is 2.68. The molecule has 0 aromatic heterocycles. The van der Waals surface area contributed by atoms with E-state index in [1.165, 1.54) is 0 Å². The molecule has 0 amide bonds. The first-order valence-electron chi connectivity index (χ1n) is 10.1. The number of alkyl halides is 3. The minimum absolute atomic E-state index is 0.0168. The maximum Gasteiger partial charge on any atom is 0.431 e. The maximum absolute atomic E-state index is 13.9. The molecule has 2 aromatic rings. The minimum Gasteiger partial charge on any atom is -0.475 e. The topological polar surface area (TPSA) is 33.6 Å². The molecule has 0 radical (unpaired) electrons. The van der Waals surface area contributed by atoms with Crippen LogP contribution in [0, 0.1) is 0 Å². The van der Waals surface area contributed by atoms with Crippen molar-refractivity contribution in [2.45, 2.75) is 51.7 Å². The number of para-hydroxylation sites is 1. The Balaban J connectivity index is 1.98. The zero-order valence-electron chi connectivity index (χ0n) is 17.6. The number of hydrogen-bond donors (Lipinski definition) is 1. The largest absolute Gasteiger partial charge is 0.475 e. The molecule has 3 rings (SSSR count). The molecule has 160 valence electrons. The molecule has 0 spiro atoms. The fourth-order valence-electron chi connectivity index (χ4n) is 3.46. The second-order valence-electron chi connectivity index (χ2n) is 8.01. The first-order chi connectivity index (χ1) is 14.2. The molecule has 0 saturated heterocycles. The Morgan fingerprint density at radius 1 is 1.00 bits per heavy atom. The zero-order valence-corrected chi connectivity index (χ0v) is 17.6. The average Bonchev–Trinajstić information content (AvgIpc) is 3.16. The lowest BCUT2D eigenvalue weighted by molar-refractivity contribution is -0.0902. The highest BCUT2D eigenvalue weighted by Gasteiger charge is 2.36. The van der Waals surface area contributed by atoms with E-state index in [4.69, 9.17) is 4.74 Å². The van der Waals surface area contributed by atoms with Crippen LogP contribution in [0.1, 0.15) is 62.3 Å². The Bertz CT molecular complexity index is 905. The predicted molar refractivity (Wildman–Crippen MR) is 115 cm³/mol. The summed E-state index contributed by atoms with van der Waals surface area (Å²) in [7, 11) is 0. The van der Waals surface area contributed by atoms with Crippen LogP contribution in [-0.2, 0) is 4.74 Å². The fourth-order valence-corrected chi connectivity index (χ4v) is 3.46. The van der Waals surface area contributed by atoms with Gasteiger partial charge in [0.15, 0.2) is 0 Å². The van der Waals surface area contributed by atoms with E-state index in [9.17, 15) is 13.2 Å². The van der Waals surface area contributed by atoms with Gasteiger partial charge in [-0.2, -0.15) is 13.2 Å². The van der Waals surface area contributed by atoms with Crippen LogP contribution in [0.4, 0.5) is 18.9 Å². The summed E-state index contributed by atoms with van der Waals surface area (Å²) in [4.78, 5) is 4.35. The van der Waals surface area contributed by atoms with Crippen LogP contribution in [0.15, 0.2) is 65.3 Å². The van der Waals surface area contributed by atoms with Crippen molar-refractivity contribution in [3.63, 3.8) is 0 Å². The molecule has 6 heteroatoms. The van der Waals surface area contributed by atoms with Crippen LogP contribution in [0.25, 0.3) is 0 Å². The molecule has 1 N–H and O–H groups in total. The maximum atomic E-state index is 13.9. The third kappa shape index (κ3) is 5.04. The van der Waals surface area contributed by atoms with Gasteiger partial charge in [0.1, 0.15) is 18.3 Å². The van der Waals surface area contributed by atoms with Gasteiger partial charge in [-0.25, -0.2) is 4.99 Å². The standard InChI is InChI=1S/C24H27F3N2O/c1-15(2)18-11-8-12-19(16(3)4)23(18)29-21(24(25,26)27)13-22-28-20(14-30-22)17-9-6-5-7-10-17/h5-13,15-16,20,29H,14H2,1-4H3/t20-/m1/s1. The lowest BCUT2D eigenvalue weighted by Crippen LogP contribution is -2.22. The molecule has 0 unspecified atom stereocenters. The summed E-state index contributed by atoms with van der Waals surface area (Å²) in [6.07, 6.45) is -3.61. The summed E-state index contributed by atoms with van der Waals surface area (Å²) in [5.74, 6) is 0.128. The summed E-state index contributed by atoms with van der Waals surface area (Å²) >= 11 is 0. The zero-order chi connectivity index (χ0) is 21.9. The van der Waals surface area contributed by atoms with Gasteiger partial charge in [0, 0.05) is 11.8 Å². The molecule has 3 nitrogen and oxygen atoms in total. The molecule has 1 heterocycles. The molecule has 2 aromatic carbocycles. The number of aliphatic imine (C=N–C) groups is 1. The first-order valence-corrected chi connectivity index (χ1v) is 10.1. The van der Waals surface area contributed by atoms with Crippen molar-refractivity contribution in [3.05, 3.63) is 77.0 Å². The van der Waals surface area contributed by atoms with E-state index in [1.54, 1.807) is 0 Å². The quantitative estimate of drug-likeness (QED) is 0.552. The molecule has 0 saturated carbocycles. The van der Waals surface area contributed by atoms with E-state index in [1.807, 2.05) is 76.2 Å².